The van der Waals surface area contributed by atoms with E-state index in [9.17, 15) is 9.90 Å². The Kier molecular flexibility index (Phi) is 8.20. The van der Waals surface area contributed by atoms with Gasteiger partial charge in [-0.05, 0) is 0 Å². The van der Waals surface area contributed by atoms with Crippen molar-refractivity contribution in [1.29, 1.82) is 0 Å². The third-order valence-corrected chi connectivity index (χ3v) is 6.23. The van der Waals surface area contributed by atoms with Gasteiger partial charge >= 0.3 is 108 Å². The summed E-state index contributed by atoms with van der Waals surface area (Å²) < 4.78 is 5.60. The van der Waals surface area contributed by atoms with Gasteiger partial charge in [0, 0.05) is 0 Å². The van der Waals surface area contributed by atoms with E-state index in [1.165, 1.54) is 26.9 Å². The Balaban J connectivity index is 3.86. The normalized spacial score (nSPS) is 14.2. The summed E-state index contributed by atoms with van der Waals surface area (Å²) in [6, 6.07) is 0. The first-order valence-electron chi connectivity index (χ1n) is 5.19. The molecule has 5 heteroatoms. The van der Waals surface area contributed by atoms with Gasteiger partial charge in [0.1, 0.15) is 0 Å². The quantitative estimate of drug-likeness (QED) is 0.423. The summed E-state index contributed by atoms with van der Waals surface area (Å²) in [6.07, 6.45) is 2.35. The van der Waals surface area contributed by atoms with Crippen molar-refractivity contribution in [3.05, 3.63) is 10.4 Å². The van der Waals surface area contributed by atoms with Gasteiger partial charge in [0.25, 0.3) is 0 Å². The topological polar surface area (TPSA) is 46.5 Å². The number of rotatable bonds is 8. The second-order valence-corrected chi connectivity index (χ2v) is 7.65. The number of unbranched alkanes of at least 4 members (excludes halogenated alkanes) is 1. The molecule has 0 amide bonds. The maximum absolute atomic E-state index is 11.2. The van der Waals surface area contributed by atoms with E-state index in [4.69, 9.17) is 0 Å². The summed E-state index contributed by atoms with van der Waals surface area (Å²) in [7, 11) is 1.29. The molecule has 0 saturated heterocycles. The molecule has 16 heavy (non-hydrogen) atoms. The van der Waals surface area contributed by atoms with Crippen LogP contribution in [0.2, 0.25) is 5.32 Å². The maximum atomic E-state index is 11.2. The van der Waals surface area contributed by atoms with Crippen LogP contribution in [0.15, 0.2) is 10.4 Å². The Bertz CT molecular complexity index is 241. The summed E-state index contributed by atoms with van der Waals surface area (Å²) in [6.45, 7) is 7.58. The van der Waals surface area contributed by atoms with Crippen molar-refractivity contribution in [1.82, 2.24) is 0 Å². The van der Waals surface area contributed by atoms with Gasteiger partial charge in [-0.25, -0.2) is 0 Å². The van der Waals surface area contributed by atoms with E-state index < -0.39 is 11.6 Å². The van der Waals surface area contributed by atoms with Gasteiger partial charge in [-0.15, -0.1) is 0 Å². The SMILES string of the molecule is C=C(SCCCC)[Se]CC(C)(O)C(=O)OC. The molecule has 0 heterocycles. The van der Waals surface area contributed by atoms with Crippen LogP contribution >= 0.6 is 11.8 Å². The Morgan fingerprint density at radius 1 is 1.62 bits per heavy atom. The van der Waals surface area contributed by atoms with Crippen molar-refractivity contribution in [3.8, 4) is 0 Å². The fraction of sp³-hybridized carbons (Fsp3) is 0.727. The number of methoxy groups -OCH3 is 1. The molecule has 1 atom stereocenters. The predicted molar refractivity (Wildman–Crippen MR) is 69.7 cm³/mol. The van der Waals surface area contributed by atoms with E-state index >= 15 is 0 Å². The number of ether oxygens (including phenoxy) is 1. The Morgan fingerprint density at radius 3 is 2.75 bits per heavy atom. The van der Waals surface area contributed by atoms with Crippen LogP contribution in [0.4, 0.5) is 0 Å². The number of esters is 1. The molecule has 0 aromatic rings. The molecule has 0 fully saturated rings. The molecule has 94 valence electrons. The molecule has 0 radical (unpaired) electrons. The van der Waals surface area contributed by atoms with E-state index in [-0.39, 0.29) is 15.0 Å². The Morgan fingerprint density at radius 2 is 2.25 bits per heavy atom. The third-order valence-electron chi connectivity index (χ3n) is 1.90. The summed E-state index contributed by atoms with van der Waals surface area (Å²) in [5.41, 5.74) is -1.37. The van der Waals surface area contributed by atoms with Crippen molar-refractivity contribution < 1.29 is 14.6 Å². The van der Waals surface area contributed by atoms with Crippen molar-refractivity contribution in [2.75, 3.05) is 12.9 Å². The third kappa shape index (κ3) is 6.59. The molecule has 0 saturated carbocycles. The first-order valence-corrected chi connectivity index (χ1v) is 8.24. The van der Waals surface area contributed by atoms with Crippen molar-refractivity contribution >= 4 is 32.7 Å². The number of thioether (sulfide) groups is 1. The van der Waals surface area contributed by atoms with Gasteiger partial charge in [-0.1, -0.05) is 0 Å². The molecule has 3 nitrogen and oxygen atoms in total. The molecule has 0 aliphatic carbocycles. The van der Waals surface area contributed by atoms with Crippen molar-refractivity contribution in [2.24, 2.45) is 0 Å². The predicted octanol–water partition coefficient (Wildman–Crippen LogP) is 2.04. The zero-order chi connectivity index (χ0) is 12.6. The Hall–Kier alpha value is 0.0395. The standard InChI is InChI=1S/C11H20O3SSe/c1-5-6-7-15-9(2)16-8-11(3,13)10(12)14-4/h13H,2,5-8H2,1,3-4H3. The van der Waals surface area contributed by atoms with Crippen LogP contribution in [-0.4, -0.2) is 44.5 Å². The second-order valence-electron chi connectivity index (χ2n) is 3.63. The van der Waals surface area contributed by atoms with Crippen molar-refractivity contribution in [2.45, 2.75) is 37.6 Å². The first kappa shape index (κ1) is 16.0. The van der Waals surface area contributed by atoms with E-state index in [2.05, 4.69) is 18.2 Å². The van der Waals surface area contributed by atoms with Crippen LogP contribution < -0.4 is 0 Å². The monoisotopic (exact) mass is 312 g/mol. The molecule has 1 N–H and O–H groups in total. The summed E-state index contributed by atoms with van der Waals surface area (Å²) in [4.78, 5) is 11.2. The van der Waals surface area contributed by atoms with Crippen LogP contribution in [0.5, 0.6) is 0 Å². The molecule has 0 spiro atoms. The van der Waals surface area contributed by atoms with Gasteiger partial charge < -0.3 is 0 Å². The number of carbonyl (C=O) groups is 1. The molecule has 0 aliphatic rings. The van der Waals surface area contributed by atoms with Gasteiger partial charge in [-0.3, -0.25) is 0 Å². The second kappa shape index (κ2) is 8.18. The molecule has 0 aromatic heterocycles. The van der Waals surface area contributed by atoms with E-state index in [0.29, 0.717) is 5.32 Å². The fourth-order valence-electron chi connectivity index (χ4n) is 0.872. The molecule has 0 bridgehead atoms. The minimum absolute atomic E-state index is 0.0656. The first-order chi connectivity index (χ1) is 7.44. The summed E-state index contributed by atoms with van der Waals surface area (Å²) in [5, 5.41) is 10.2. The molecule has 0 aliphatic heterocycles. The zero-order valence-electron chi connectivity index (χ0n) is 10.1. The number of hydrogen-bond acceptors (Lipinski definition) is 4. The molecule has 1 unspecified atom stereocenters. The van der Waals surface area contributed by atoms with Crippen LogP contribution in [0.25, 0.3) is 0 Å². The van der Waals surface area contributed by atoms with Crippen LogP contribution in [0.3, 0.4) is 0 Å². The number of carbonyl (C=O) groups excluding carboxylic acids is 1. The minimum atomic E-state index is -1.37. The average Bonchev–Trinajstić information content (AvgIpc) is 2.25. The van der Waals surface area contributed by atoms with Crippen LogP contribution in [0, 0.1) is 0 Å². The summed E-state index contributed by atoms with van der Waals surface area (Å²) in [5.74, 6) is 0.498. The number of aliphatic hydroxyl groups is 1. The van der Waals surface area contributed by atoms with Gasteiger partial charge in [-0.2, -0.15) is 0 Å². The summed E-state index contributed by atoms with van der Waals surface area (Å²) >= 11 is 1.80. The zero-order valence-corrected chi connectivity index (χ0v) is 12.6. The van der Waals surface area contributed by atoms with Gasteiger partial charge in [0.15, 0.2) is 0 Å². The number of hydrogen-bond donors (Lipinski definition) is 1. The van der Waals surface area contributed by atoms with Gasteiger partial charge in [0.2, 0.25) is 0 Å². The molecular weight excluding hydrogens is 291 g/mol. The van der Waals surface area contributed by atoms with E-state index in [0.717, 1.165) is 9.56 Å². The van der Waals surface area contributed by atoms with E-state index in [1.54, 1.807) is 11.8 Å². The molecule has 0 aromatic carbocycles. The van der Waals surface area contributed by atoms with E-state index in [1.807, 2.05) is 0 Å². The molecular formula is C11H20O3SSe. The molecule has 0 rings (SSSR count). The fourth-order valence-corrected chi connectivity index (χ4v) is 4.15. The van der Waals surface area contributed by atoms with Gasteiger partial charge in [0.05, 0.1) is 0 Å². The van der Waals surface area contributed by atoms with Crippen molar-refractivity contribution in [3.63, 3.8) is 0 Å². The Labute approximate surface area is 108 Å². The van der Waals surface area contributed by atoms with Crippen LogP contribution in [-0.2, 0) is 9.53 Å². The van der Waals surface area contributed by atoms with Crippen LogP contribution in [0.1, 0.15) is 26.7 Å². The average molecular weight is 311 g/mol.